The zero-order valence-electron chi connectivity index (χ0n) is 11.3. The molecule has 1 atom stereocenters. The lowest BCUT2D eigenvalue weighted by atomic mass is 9.88. The van der Waals surface area contributed by atoms with Gasteiger partial charge < -0.3 is 5.11 Å². The van der Waals surface area contributed by atoms with Crippen LogP contribution in [0.5, 0.6) is 0 Å². The average Bonchev–Trinajstić information content (AvgIpc) is 2.40. The molecule has 0 spiro atoms. The van der Waals surface area contributed by atoms with Gasteiger partial charge in [0.25, 0.3) is 0 Å². The van der Waals surface area contributed by atoms with Gasteiger partial charge in [0, 0.05) is 12.0 Å². The van der Waals surface area contributed by atoms with Gasteiger partial charge in [0.15, 0.2) is 0 Å². The van der Waals surface area contributed by atoms with Crippen molar-refractivity contribution in [2.75, 3.05) is 0 Å². The van der Waals surface area contributed by atoms with Gasteiger partial charge >= 0.3 is 0 Å². The van der Waals surface area contributed by atoms with Crippen molar-refractivity contribution in [2.45, 2.75) is 25.9 Å². The van der Waals surface area contributed by atoms with Gasteiger partial charge in [-0.1, -0.05) is 29.8 Å². The normalized spacial score (nSPS) is 14.1. The van der Waals surface area contributed by atoms with Gasteiger partial charge in [-0.05, 0) is 47.5 Å². The number of hydrogen-bond acceptors (Lipinski definition) is 1. The second-order valence-electron chi connectivity index (χ2n) is 5.14. The van der Waals surface area contributed by atoms with Crippen LogP contribution in [0.25, 0.3) is 0 Å². The van der Waals surface area contributed by atoms with E-state index in [9.17, 15) is 13.9 Å². The summed E-state index contributed by atoms with van der Waals surface area (Å²) >= 11 is 3.03. The summed E-state index contributed by atoms with van der Waals surface area (Å²) in [6.45, 7) is 3.49. The first-order valence-electron chi connectivity index (χ1n) is 6.23. The number of aliphatic hydroxyl groups is 1. The summed E-state index contributed by atoms with van der Waals surface area (Å²) in [6, 6.07) is 9.75. The van der Waals surface area contributed by atoms with E-state index in [4.69, 9.17) is 0 Å². The van der Waals surface area contributed by atoms with Gasteiger partial charge in [0.05, 0.1) is 10.1 Å². The molecule has 0 amide bonds. The number of aryl methyl sites for hydroxylation is 1. The molecule has 106 valence electrons. The van der Waals surface area contributed by atoms with Crippen LogP contribution in [-0.2, 0) is 12.0 Å². The van der Waals surface area contributed by atoms with Crippen molar-refractivity contribution in [3.8, 4) is 0 Å². The summed E-state index contributed by atoms with van der Waals surface area (Å²) in [5.41, 5.74) is 0.229. The van der Waals surface area contributed by atoms with E-state index in [1.807, 2.05) is 19.1 Å². The van der Waals surface area contributed by atoms with Gasteiger partial charge in [-0.25, -0.2) is 8.78 Å². The Morgan fingerprint density at radius 3 is 2.30 bits per heavy atom. The molecule has 20 heavy (non-hydrogen) atoms. The number of rotatable bonds is 3. The standard InChI is InChI=1S/C16H15BrF2O/c1-10-3-5-11(6-4-10)16(2,20)9-12-14(18)8-7-13(17)15(12)19/h3-8,20H,9H2,1-2H3. The topological polar surface area (TPSA) is 20.2 Å². The lowest BCUT2D eigenvalue weighted by Crippen LogP contribution is -2.25. The molecular formula is C16H15BrF2O. The summed E-state index contributed by atoms with van der Waals surface area (Å²) in [5, 5.41) is 10.5. The Morgan fingerprint density at radius 2 is 1.70 bits per heavy atom. The minimum Gasteiger partial charge on any atom is -0.385 e. The Labute approximate surface area is 125 Å². The van der Waals surface area contributed by atoms with Crippen LogP contribution < -0.4 is 0 Å². The maximum atomic E-state index is 14.0. The van der Waals surface area contributed by atoms with Gasteiger partial charge in [0.2, 0.25) is 0 Å². The highest BCUT2D eigenvalue weighted by Crippen LogP contribution is 2.30. The highest BCUT2D eigenvalue weighted by atomic mass is 79.9. The van der Waals surface area contributed by atoms with E-state index >= 15 is 0 Å². The Morgan fingerprint density at radius 1 is 1.10 bits per heavy atom. The minimum atomic E-state index is -1.34. The molecule has 2 rings (SSSR count). The molecule has 1 N–H and O–H groups in total. The van der Waals surface area contributed by atoms with E-state index in [2.05, 4.69) is 15.9 Å². The SMILES string of the molecule is Cc1ccc(C(C)(O)Cc2c(F)ccc(Br)c2F)cc1. The van der Waals surface area contributed by atoms with Crippen molar-refractivity contribution in [1.82, 2.24) is 0 Å². The third-order valence-corrected chi connectivity index (χ3v) is 3.95. The molecule has 1 nitrogen and oxygen atoms in total. The molecule has 4 heteroatoms. The third kappa shape index (κ3) is 3.07. The van der Waals surface area contributed by atoms with Crippen molar-refractivity contribution >= 4 is 15.9 Å². The fraction of sp³-hybridized carbons (Fsp3) is 0.250. The van der Waals surface area contributed by atoms with Crippen LogP contribution in [0.3, 0.4) is 0 Å². The Balaban J connectivity index is 2.38. The van der Waals surface area contributed by atoms with Gasteiger partial charge in [-0.15, -0.1) is 0 Å². The minimum absolute atomic E-state index is 0.120. The second-order valence-corrected chi connectivity index (χ2v) is 5.99. The number of benzene rings is 2. The molecule has 0 radical (unpaired) electrons. The van der Waals surface area contributed by atoms with Crippen LogP contribution in [-0.4, -0.2) is 5.11 Å². The first-order valence-corrected chi connectivity index (χ1v) is 7.02. The Kier molecular flexibility index (Phi) is 4.25. The quantitative estimate of drug-likeness (QED) is 0.816. The number of halogens is 3. The zero-order chi connectivity index (χ0) is 14.9. The summed E-state index contributed by atoms with van der Waals surface area (Å²) in [7, 11) is 0. The van der Waals surface area contributed by atoms with Crippen LogP contribution in [0, 0.1) is 18.6 Å². The highest BCUT2D eigenvalue weighted by Gasteiger charge is 2.27. The Hall–Kier alpha value is -1.26. The monoisotopic (exact) mass is 340 g/mol. The van der Waals surface area contributed by atoms with Crippen LogP contribution in [0.1, 0.15) is 23.6 Å². The van der Waals surface area contributed by atoms with Gasteiger partial charge in [-0.3, -0.25) is 0 Å². The van der Waals surface area contributed by atoms with E-state index < -0.39 is 17.2 Å². The van der Waals surface area contributed by atoms with E-state index in [1.54, 1.807) is 19.1 Å². The van der Waals surface area contributed by atoms with E-state index in [0.717, 1.165) is 5.56 Å². The van der Waals surface area contributed by atoms with Gasteiger partial charge in [-0.2, -0.15) is 0 Å². The van der Waals surface area contributed by atoms with Crippen molar-refractivity contribution in [3.05, 3.63) is 69.2 Å². The maximum absolute atomic E-state index is 14.0. The molecule has 0 heterocycles. The lowest BCUT2D eigenvalue weighted by Gasteiger charge is -2.25. The molecule has 0 saturated carbocycles. The number of hydrogen-bond donors (Lipinski definition) is 1. The fourth-order valence-corrected chi connectivity index (χ4v) is 2.46. The predicted octanol–water partition coefficient (Wildman–Crippen LogP) is 4.49. The van der Waals surface area contributed by atoms with Crippen molar-refractivity contribution in [2.24, 2.45) is 0 Å². The largest absolute Gasteiger partial charge is 0.385 e. The zero-order valence-corrected chi connectivity index (χ0v) is 12.8. The van der Waals surface area contributed by atoms with Crippen LogP contribution >= 0.6 is 15.9 Å². The van der Waals surface area contributed by atoms with E-state index in [1.165, 1.54) is 12.1 Å². The first-order chi connectivity index (χ1) is 9.31. The van der Waals surface area contributed by atoms with E-state index in [0.29, 0.717) is 5.56 Å². The van der Waals surface area contributed by atoms with Crippen molar-refractivity contribution < 1.29 is 13.9 Å². The fourth-order valence-electron chi connectivity index (χ4n) is 2.09. The molecule has 0 aliphatic rings. The second kappa shape index (κ2) is 5.62. The molecule has 2 aromatic carbocycles. The first kappa shape index (κ1) is 15.1. The Bertz CT molecular complexity index is 621. The summed E-state index contributed by atoms with van der Waals surface area (Å²) < 4.78 is 27.9. The summed E-state index contributed by atoms with van der Waals surface area (Å²) in [4.78, 5) is 0. The molecular weight excluding hydrogens is 326 g/mol. The van der Waals surface area contributed by atoms with Crippen LogP contribution in [0.15, 0.2) is 40.9 Å². The molecule has 0 bridgehead atoms. The van der Waals surface area contributed by atoms with Crippen LogP contribution in [0.4, 0.5) is 8.78 Å². The smallest absolute Gasteiger partial charge is 0.143 e. The molecule has 2 aromatic rings. The molecule has 0 aliphatic carbocycles. The molecule has 0 aliphatic heterocycles. The molecule has 0 aromatic heterocycles. The highest BCUT2D eigenvalue weighted by molar-refractivity contribution is 9.10. The van der Waals surface area contributed by atoms with Crippen molar-refractivity contribution in [3.63, 3.8) is 0 Å². The maximum Gasteiger partial charge on any atom is 0.143 e. The summed E-state index contributed by atoms with van der Waals surface area (Å²) in [6.07, 6.45) is -0.132. The van der Waals surface area contributed by atoms with Crippen molar-refractivity contribution in [1.29, 1.82) is 0 Å². The molecule has 0 saturated heterocycles. The average molecular weight is 341 g/mol. The van der Waals surface area contributed by atoms with Crippen LogP contribution in [0.2, 0.25) is 0 Å². The van der Waals surface area contributed by atoms with E-state index in [-0.39, 0.29) is 16.5 Å². The summed E-state index contributed by atoms with van der Waals surface area (Å²) in [5.74, 6) is -1.32. The lowest BCUT2D eigenvalue weighted by molar-refractivity contribution is 0.0556. The predicted molar refractivity (Wildman–Crippen MR) is 78.5 cm³/mol. The third-order valence-electron chi connectivity index (χ3n) is 3.33. The molecule has 0 fully saturated rings. The van der Waals surface area contributed by atoms with Gasteiger partial charge in [0.1, 0.15) is 11.6 Å². The molecule has 1 unspecified atom stereocenters.